The van der Waals surface area contributed by atoms with Crippen molar-refractivity contribution in [2.24, 2.45) is 0 Å². The summed E-state index contributed by atoms with van der Waals surface area (Å²) in [4.78, 5) is 5.69. The Morgan fingerprint density at radius 1 is 1.35 bits per heavy atom. The van der Waals surface area contributed by atoms with Crippen LogP contribution in [-0.4, -0.2) is 15.2 Å². The van der Waals surface area contributed by atoms with Gasteiger partial charge in [0.15, 0.2) is 0 Å². The van der Waals surface area contributed by atoms with Crippen molar-refractivity contribution in [3.8, 4) is 0 Å². The first-order valence-electron chi connectivity index (χ1n) is 5.66. The van der Waals surface area contributed by atoms with E-state index in [4.69, 9.17) is 0 Å². The minimum absolute atomic E-state index is 0.108. The molecule has 2 aromatic heterocycles. The summed E-state index contributed by atoms with van der Waals surface area (Å²) < 4.78 is 0. The molecule has 17 heavy (non-hydrogen) atoms. The van der Waals surface area contributed by atoms with Crippen LogP contribution in [0.1, 0.15) is 35.0 Å². The molecular weight excluding hydrogens is 232 g/mol. The third-order valence-corrected chi connectivity index (χ3v) is 4.05. The Bertz CT molecular complexity index is 498. The van der Waals surface area contributed by atoms with E-state index in [1.54, 1.807) is 11.3 Å². The molecule has 0 amide bonds. The van der Waals surface area contributed by atoms with Gasteiger partial charge >= 0.3 is 0 Å². The number of thiazole rings is 1. The summed E-state index contributed by atoms with van der Waals surface area (Å²) in [6.07, 6.45) is 3.79. The fourth-order valence-corrected chi connectivity index (χ4v) is 2.43. The highest BCUT2D eigenvalue weighted by Crippen LogP contribution is 2.25. The Hall–Kier alpha value is -1.20. The predicted molar refractivity (Wildman–Crippen MR) is 70.0 cm³/mol. The van der Waals surface area contributed by atoms with Gasteiger partial charge in [0, 0.05) is 28.9 Å². The third-order valence-electron chi connectivity index (χ3n) is 2.81. The second-order valence-electron chi connectivity index (χ2n) is 4.77. The molecule has 5 heteroatoms. The van der Waals surface area contributed by atoms with Crippen LogP contribution in [0.2, 0.25) is 0 Å². The standard InChI is InChI=1S/C12H18N4S/c1-8-5-13-11(17-8)12(3,4)14-6-10-7-15-16-9(10)2/h5,7,14H,6H2,1-4H3,(H,15,16). The largest absolute Gasteiger partial charge is 0.302 e. The van der Waals surface area contributed by atoms with Crippen LogP contribution in [0, 0.1) is 13.8 Å². The second-order valence-corrected chi connectivity index (χ2v) is 6.01. The van der Waals surface area contributed by atoms with Crippen LogP contribution in [0.15, 0.2) is 12.4 Å². The minimum Gasteiger partial charge on any atom is -0.302 e. The summed E-state index contributed by atoms with van der Waals surface area (Å²) in [6.45, 7) is 9.22. The number of nitrogens with one attached hydrogen (secondary N) is 2. The van der Waals surface area contributed by atoms with Crippen molar-refractivity contribution in [1.29, 1.82) is 0 Å². The Kier molecular flexibility index (Phi) is 3.31. The van der Waals surface area contributed by atoms with Gasteiger partial charge in [0.25, 0.3) is 0 Å². The Morgan fingerprint density at radius 3 is 2.65 bits per heavy atom. The van der Waals surface area contributed by atoms with Crippen LogP contribution in [0.5, 0.6) is 0 Å². The van der Waals surface area contributed by atoms with Gasteiger partial charge in [0.2, 0.25) is 0 Å². The molecule has 0 spiro atoms. The molecule has 2 aromatic rings. The zero-order chi connectivity index (χ0) is 12.5. The van der Waals surface area contributed by atoms with Crippen LogP contribution >= 0.6 is 11.3 Å². The quantitative estimate of drug-likeness (QED) is 0.876. The molecule has 0 aliphatic rings. The monoisotopic (exact) mass is 250 g/mol. The Morgan fingerprint density at radius 2 is 2.12 bits per heavy atom. The van der Waals surface area contributed by atoms with Gasteiger partial charge in [-0.25, -0.2) is 4.98 Å². The van der Waals surface area contributed by atoms with Crippen LogP contribution in [-0.2, 0) is 12.1 Å². The van der Waals surface area contributed by atoms with Crippen LogP contribution in [0.3, 0.4) is 0 Å². The molecule has 0 bridgehead atoms. The maximum absolute atomic E-state index is 4.44. The first kappa shape index (κ1) is 12.3. The van der Waals surface area contributed by atoms with Gasteiger partial charge in [-0.3, -0.25) is 5.10 Å². The van der Waals surface area contributed by atoms with Gasteiger partial charge in [0.05, 0.1) is 11.7 Å². The minimum atomic E-state index is -0.108. The smallest absolute Gasteiger partial charge is 0.112 e. The zero-order valence-electron chi connectivity index (χ0n) is 10.7. The summed E-state index contributed by atoms with van der Waals surface area (Å²) in [6, 6.07) is 0. The average molecular weight is 250 g/mol. The maximum Gasteiger partial charge on any atom is 0.112 e. The summed E-state index contributed by atoms with van der Waals surface area (Å²) in [5.74, 6) is 0. The lowest BCUT2D eigenvalue weighted by molar-refractivity contribution is 0.399. The van der Waals surface area contributed by atoms with E-state index in [1.807, 2.05) is 19.3 Å². The van der Waals surface area contributed by atoms with Crippen LogP contribution in [0.25, 0.3) is 0 Å². The molecule has 0 saturated carbocycles. The molecule has 0 aliphatic heterocycles. The van der Waals surface area contributed by atoms with Gasteiger partial charge < -0.3 is 5.32 Å². The average Bonchev–Trinajstić information content (AvgIpc) is 2.85. The number of rotatable bonds is 4. The molecule has 2 rings (SSSR count). The van der Waals surface area contributed by atoms with Gasteiger partial charge in [-0.05, 0) is 27.7 Å². The molecule has 0 unspecified atom stereocenters. The maximum atomic E-state index is 4.44. The van der Waals surface area contributed by atoms with E-state index in [0.717, 1.165) is 17.2 Å². The fraction of sp³-hybridized carbons (Fsp3) is 0.500. The lowest BCUT2D eigenvalue weighted by Crippen LogP contribution is -2.35. The third kappa shape index (κ3) is 2.73. The Balaban J connectivity index is 2.05. The highest BCUT2D eigenvalue weighted by atomic mass is 32.1. The van der Waals surface area contributed by atoms with Gasteiger partial charge in [-0.15, -0.1) is 11.3 Å². The lowest BCUT2D eigenvalue weighted by atomic mass is 10.1. The summed E-state index contributed by atoms with van der Waals surface area (Å²) >= 11 is 1.74. The summed E-state index contributed by atoms with van der Waals surface area (Å²) in [5.41, 5.74) is 2.21. The number of hydrogen-bond donors (Lipinski definition) is 2. The first-order chi connectivity index (χ1) is 7.99. The number of nitrogens with zero attached hydrogens (tertiary/aromatic N) is 2. The van der Waals surface area contributed by atoms with E-state index in [-0.39, 0.29) is 5.54 Å². The van der Waals surface area contributed by atoms with E-state index in [0.29, 0.717) is 0 Å². The molecule has 2 N–H and O–H groups in total. The molecule has 92 valence electrons. The molecule has 0 radical (unpaired) electrons. The van der Waals surface area contributed by atoms with Crippen LogP contribution < -0.4 is 5.32 Å². The second kappa shape index (κ2) is 4.58. The summed E-state index contributed by atoms with van der Waals surface area (Å²) in [7, 11) is 0. The number of H-pyrrole nitrogens is 1. The molecule has 0 atom stereocenters. The predicted octanol–water partition coefficient (Wildman–Crippen LogP) is 2.51. The summed E-state index contributed by atoms with van der Waals surface area (Å²) in [5, 5.41) is 11.6. The molecule has 0 aliphatic carbocycles. The lowest BCUT2D eigenvalue weighted by Gasteiger charge is -2.23. The molecule has 0 aromatic carbocycles. The number of hydrogen-bond acceptors (Lipinski definition) is 4. The molecule has 2 heterocycles. The number of aromatic nitrogens is 3. The number of aromatic amines is 1. The van der Waals surface area contributed by atoms with Crippen molar-refractivity contribution in [2.75, 3.05) is 0 Å². The van der Waals surface area contributed by atoms with E-state index < -0.39 is 0 Å². The van der Waals surface area contributed by atoms with E-state index in [2.05, 4.69) is 41.3 Å². The fourth-order valence-electron chi connectivity index (χ4n) is 1.59. The van der Waals surface area contributed by atoms with Crippen molar-refractivity contribution in [1.82, 2.24) is 20.5 Å². The molecule has 4 nitrogen and oxygen atoms in total. The first-order valence-corrected chi connectivity index (χ1v) is 6.47. The zero-order valence-corrected chi connectivity index (χ0v) is 11.5. The van der Waals surface area contributed by atoms with Crippen LogP contribution in [0.4, 0.5) is 0 Å². The highest BCUT2D eigenvalue weighted by Gasteiger charge is 2.23. The van der Waals surface area contributed by atoms with Crippen molar-refractivity contribution in [3.63, 3.8) is 0 Å². The highest BCUT2D eigenvalue weighted by molar-refractivity contribution is 7.11. The molecule has 0 saturated heterocycles. The molecule has 0 fully saturated rings. The van der Waals surface area contributed by atoms with Crippen molar-refractivity contribution < 1.29 is 0 Å². The molecular formula is C12H18N4S. The van der Waals surface area contributed by atoms with E-state index in [9.17, 15) is 0 Å². The van der Waals surface area contributed by atoms with E-state index >= 15 is 0 Å². The van der Waals surface area contributed by atoms with Gasteiger partial charge in [0.1, 0.15) is 5.01 Å². The van der Waals surface area contributed by atoms with Crippen molar-refractivity contribution >= 4 is 11.3 Å². The van der Waals surface area contributed by atoms with E-state index in [1.165, 1.54) is 10.4 Å². The van der Waals surface area contributed by atoms with Gasteiger partial charge in [-0.1, -0.05) is 0 Å². The van der Waals surface area contributed by atoms with Crippen molar-refractivity contribution in [2.45, 2.75) is 39.8 Å². The normalized spacial score (nSPS) is 12.0. The Labute approximate surface area is 105 Å². The topological polar surface area (TPSA) is 53.6 Å². The van der Waals surface area contributed by atoms with Gasteiger partial charge in [-0.2, -0.15) is 5.10 Å². The SMILES string of the molecule is Cc1cnc(C(C)(C)NCc2cn[nH]c2C)s1. The number of aryl methyl sites for hydroxylation is 2. The van der Waals surface area contributed by atoms with Crippen molar-refractivity contribution in [3.05, 3.63) is 33.5 Å².